The summed E-state index contributed by atoms with van der Waals surface area (Å²) in [6.07, 6.45) is 12.4. The van der Waals surface area contributed by atoms with Gasteiger partial charge in [-0.3, -0.25) is 14.4 Å². The van der Waals surface area contributed by atoms with Gasteiger partial charge in [0.25, 0.3) is 0 Å². The van der Waals surface area contributed by atoms with E-state index in [4.69, 9.17) is 5.11 Å². The second-order valence-electron chi connectivity index (χ2n) is 8.18. The predicted molar refractivity (Wildman–Crippen MR) is 124 cm³/mol. The Hall–Kier alpha value is -2.37. The van der Waals surface area contributed by atoms with Gasteiger partial charge in [0, 0.05) is 19.4 Å². The van der Waals surface area contributed by atoms with Gasteiger partial charge in [-0.25, -0.2) is 0 Å². The fourth-order valence-electron chi connectivity index (χ4n) is 3.49. The van der Waals surface area contributed by atoms with Crippen molar-refractivity contribution in [2.45, 2.75) is 96.4 Å². The van der Waals surface area contributed by atoms with Crippen molar-refractivity contribution in [1.29, 1.82) is 0 Å². The quantitative estimate of drug-likeness (QED) is 0.295. The van der Waals surface area contributed by atoms with Gasteiger partial charge >= 0.3 is 5.97 Å². The molecule has 0 bridgehead atoms. The van der Waals surface area contributed by atoms with Gasteiger partial charge in [-0.05, 0) is 12.0 Å². The molecule has 0 fully saturated rings. The molecule has 0 saturated heterocycles. The summed E-state index contributed by atoms with van der Waals surface area (Å²) in [5, 5.41) is 14.4. The number of carbonyl (C=O) groups excluding carboxylic acids is 2. The third kappa shape index (κ3) is 14.3. The minimum atomic E-state index is -1.03. The van der Waals surface area contributed by atoms with Crippen LogP contribution in [-0.4, -0.2) is 35.5 Å². The summed E-state index contributed by atoms with van der Waals surface area (Å²) in [7, 11) is 0. The van der Waals surface area contributed by atoms with Gasteiger partial charge < -0.3 is 15.7 Å². The number of rotatable bonds is 18. The number of amides is 2. The topological polar surface area (TPSA) is 95.5 Å². The Bertz CT molecular complexity index is 634. The van der Waals surface area contributed by atoms with Gasteiger partial charge in [-0.15, -0.1) is 0 Å². The van der Waals surface area contributed by atoms with Gasteiger partial charge in [0.05, 0.1) is 6.42 Å². The molecule has 6 heteroatoms. The largest absolute Gasteiger partial charge is 0.481 e. The fourth-order valence-corrected chi connectivity index (χ4v) is 3.49. The van der Waals surface area contributed by atoms with Crippen LogP contribution in [0.4, 0.5) is 0 Å². The molecule has 0 aliphatic rings. The number of carboxylic acid groups (broad SMARTS) is 1. The Morgan fingerprint density at radius 2 is 1.42 bits per heavy atom. The molecule has 174 valence electrons. The number of carbonyl (C=O) groups is 3. The van der Waals surface area contributed by atoms with Crippen LogP contribution in [-0.2, 0) is 20.8 Å². The first-order valence-electron chi connectivity index (χ1n) is 11.9. The maximum absolute atomic E-state index is 12.6. The van der Waals surface area contributed by atoms with E-state index in [2.05, 4.69) is 17.6 Å². The molecule has 0 radical (unpaired) electrons. The van der Waals surface area contributed by atoms with E-state index in [-0.39, 0.29) is 18.7 Å². The van der Waals surface area contributed by atoms with E-state index in [0.717, 1.165) is 18.4 Å². The third-order valence-corrected chi connectivity index (χ3v) is 5.33. The summed E-state index contributed by atoms with van der Waals surface area (Å²) in [4.78, 5) is 35.4. The minimum absolute atomic E-state index is 0.133. The molecule has 3 N–H and O–H groups in total. The van der Waals surface area contributed by atoms with Crippen LogP contribution in [0, 0.1) is 0 Å². The summed E-state index contributed by atoms with van der Waals surface area (Å²) >= 11 is 0. The van der Waals surface area contributed by atoms with Crippen molar-refractivity contribution in [2.24, 2.45) is 0 Å². The molecule has 2 amide bonds. The van der Waals surface area contributed by atoms with Crippen molar-refractivity contribution in [3.05, 3.63) is 35.9 Å². The Labute approximate surface area is 187 Å². The first-order chi connectivity index (χ1) is 15.0. The van der Waals surface area contributed by atoms with Crippen LogP contribution in [0.25, 0.3) is 0 Å². The second kappa shape index (κ2) is 17.3. The maximum atomic E-state index is 12.6. The molecule has 0 unspecified atom stereocenters. The van der Waals surface area contributed by atoms with Crippen LogP contribution in [0.2, 0.25) is 0 Å². The molecule has 0 heterocycles. The SMILES string of the molecule is CCCCCCCCCCCCNC(=O)[C@H](Cc1ccccc1)NC(=O)CCC(=O)O. The smallest absolute Gasteiger partial charge is 0.303 e. The summed E-state index contributed by atoms with van der Waals surface area (Å²) in [6, 6.07) is 8.79. The first kappa shape index (κ1) is 26.7. The number of unbranched alkanes of at least 4 members (excludes halogenated alkanes) is 9. The molecular weight excluding hydrogens is 392 g/mol. The van der Waals surface area contributed by atoms with Crippen LogP contribution < -0.4 is 10.6 Å². The molecule has 0 aliphatic heterocycles. The highest BCUT2D eigenvalue weighted by molar-refractivity contribution is 5.88. The zero-order chi connectivity index (χ0) is 22.7. The average Bonchev–Trinajstić information content (AvgIpc) is 2.76. The minimum Gasteiger partial charge on any atom is -0.481 e. The van der Waals surface area contributed by atoms with E-state index in [1.807, 2.05) is 30.3 Å². The number of benzene rings is 1. The Balaban J connectivity index is 2.31. The molecule has 1 atom stereocenters. The van der Waals surface area contributed by atoms with E-state index in [9.17, 15) is 14.4 Å². The lowest BCUT2D eigenvalue weighted by Crippen LogP contribution is -2.48. The molecule has 31 heavy (non-hydrogen) atoms. The Morgan fingerprint density at radius 3 is 2.00 bits per heavy atom. The van der Waals surface area contributed by atoms with E-state index >= 15 is 0 Å². The standard InChI is InChI=1S/C25H40N2O4/c1-2-3-4-5-6-7-8-9-10-14-19-26-25(31)22(20-21-15-12-11-13-16-21)27-23(28)17-18-24(29)30/h11-13,15-16,22H,2-10,14,17-20H2,1H3,(H,26,31)(H,27,28)(H,29,30)/t22-/m0/s1. The Morgan fingerprint density at radius 1 is 0.839 bits per heavy atom. The molecule has 1 rings (SSSR count). The van der Waals surface area contributed by atoms with Crippen molar-refractivity contribution < 1.29 is 19.5 Å². The monoisotopic (exact) mass is 432 g/mol. The molecule has 6 nitrogen and oxygen atoms in total. The zero-order valence-corrected chi connectivity index (χ0v) is 19.0. The van der Waals surface area contributed by atoms with Crippen LogP contribution >= 0.6 is 0 Å². The molecule has 1 aromatic carbocycles. The average molecular weight is 433 g/mol. The number of aliphatic carboxylic acids is 1. The molecular formula is C25H40N2O4. The van der Waals surface area contributed by atoms with Gasteiger partial charge in [0.15, 0.2) is 0 Å². The second-order valence-corrected chi connectivity index (χ2v) is 8.18. The zero-order valence-electron chi connectivity index (χ0n) is 19.0. The molecule has 0 aliphatic carbocycles. The highest BCUT2D eigenvalue weighted by Crippen LogP contribution is 2.10. The summed E-state index contributed by atoms with van der Waals surface area (Å²) in [6.45, 7) is 2.82. The maximum Gasteiger partial charge on any atom is 0.303 e. The van der Waals surface area contributed by atoms with Crippen LogP contribution in [0.5, 0.6) is 0 Å². The third-order valence-electron chi connectivity index (χ3n) is 5.33. The Kier molecular flexibility index (Phi) is 14.9. The number of hydrogen-bond acceptors (Lipinski definition) is 3. The van der Waals surface area contributed by atoms with E-state index in [1.54, 1.807) is 0 Å². The number of carboxylic acids is 1. The molecule has 0 aromatic heterocycles. The lowest BCUT2D eigenvalue weighted by Gasteiger charge is -2.18. The summed E-state index contributed by atoms with van der Waals surface area (Å²) in [5.41, 5.74) is 0.945. The normalized spacial score (nSPS) is 11.6. The van der Waals surface area contributed by atoms with Crippen molar-refractivity contribution in [1.82, 2.24) is 10.6 Å². The van der Waals surface area contributed by atoms with E-state index in [1.165, 1.54) is 51.4 Å². The highest BCUT2D eigenvalue weighted by Gasteiger charge is 2.21. The van der Waals surface area contributed by atoms with Crippen LogP contribution in [0.15, 0.2) is 30.3 Å². The van der Waals surface area contributed by atoms with E-state index < -0.39 is 17.9 Å². The first-order valence-corrected chi connectivity index (χ1v) is 11.9. The van der Waals surface area contributed by atoms with Crippen LogP contribution in [0.3, 0.4) is 0 Å². The van der Waals surface area contributed by atoms with Crippen molar-refractivity contribution in [3.8, 4) is 0 Å². The lowest BCUT2D eigenvalue weighted by atomic mass is 10.0. The van der Waals surface area contributed by atoms with Crippen molar-refractivity contribution in [2.75, 3.05) is 6.54 Å². The van der Waals surface area contributed by atoms with Gasteiger partial charge in [0.1, 0.15) is 6.04 Å². The van der Waals surface area contributed by atoms with E-state index in [0.29, 0.717) is 13.0 Å². The van der Waals surface area contributed by atoms with Crippen LogP contribution in [0.1, 0.15) is 89.5 Å². The highest BCUT2D eigenvalue weighted by atomic mass is 16.4. The predicted octanol–water partition coefficient (Wildman–Crippen LogP) is 4.62. The number of hydrogen-bond donors (Lipinski definition) is 3. The van der Waals surface area contributed by atoms with Gasteiger partial charge in [0.2, 0.25) is 11.8 Å². The van der Waals surface area contributed by atoms with Gasteiger partial charge in [-0.1, -0.05) is 95.0 Å². The molecule has 0 spiro atoms. The van der Waals surface area contributed by atoms with Gasteiger partial charge in [-0.2, -0.15) is 0 Å². The molecule has 1 aromatic rings. The van der Waals surface area contributed by atoms with Crippen molar-refractivity contribution in [3.63, 3.8) is 0 Å². The number of nitrogens with one attached hydrogen (secondary N) is 2. The summed E-state index contributed by atoms with van der Waals surface area (Å²) < 4.78 is 0. The summed E-state index contributed by atoms with van der Waals surface area (Å²) in [5.74, 6) is -1.67. The lowest BCUT2D eigenvalue weighted by molar-refractivity contribution is -0.139. The molecule has 0 saturated carbocycles. The van der Waals surface area contributed by atoms with Crippen molar-refractivity contribution >= 4 is 17.8 Å². The fraction of sp³-hybridized carbons (Fsp3) is 0.640.